The van der Waals surface area contributed by atoms with Crippen molar-refractivity contribution in [3.8, 4) is 0 Å². The van der Waals surface area contributed by atoms with Gasteiger partial charge in [0.2, 0.25) is 0 Å². The van der Waals surface area contributed by atoms with Gasteiger partial charge in [-0.15, -0.1) is 24.0 Å². The summed E-state index contributed by atoms with van der Waals surface area (Å²) in [6.45, 7) is 8.82. The number of aliphatic imine (C=N–C) groups is 1. The Morgan fingerprint density at radius 3 is 2.53 bits per heavy atom. The second-order valence-electron chi connectivity index (χ2n) is 4.58. The van der Waals surface area contributed by atoms with Gasteiger partial charge in [0, 0.05) is 26.2 Å². The van der Waals surface area contributed by atoms with Crippen LogP contribution in [0, 0.1) is 0 Å². The molecule has 1 heterocycles. The van der Waals surface area contributed by atoms with E-state index in [-0.39, 0.29) is 35.5 Å². The van der Waals surface area contributed by atoms with Crippen LogP contribution in [-0.4, -0.2) is 63.5 Å². The zero-order valence-corrected chi connectivity index (χ0v) is 14.4. The van der Waals surface area contributed by atoms with Gasteiger partial charge in [-0.2, -0.15) is 0 Å². The lowest BCUT2D eigenvalue weighted by atomic mass is 10.4. The highest BCUT2D eigenvalue weighted by Gasteiger charge is 2.20. The van der Waals surface area contributed by atoms with Gasteiger partial charge in [-0.3, -0.25) is 4.90 Å². The normalized spacial score (nSPS) is 19.5. The second kappa shape index (κ2) is 8.75. The van der Waals surface area contributed by atoms with Crippen LogP contribution in [0.25, 0.3) is 0 Å². The molecule has 0 bridgehead atoms. The Bertz CT molecular complexity index is 408. The van der Waals surface area contributed by atoms with Gasteiger partial charge in [-0.05, 0) is 6.92 Å². The van der Waals surface area contributed by atoms with Crippen molar-refractivity contribution in [1.82, 2.24) is 10.2 Å². The lowest BCUT2D eigenvalue weighted by molar-refractivity contribution is 0.300. The minimum atomic E-state index is -2.80. The van der Waals surface area contributed by atoms with Crippen LogP contribution in [0.4, 0.5) is 0 Å². The van der Waals surface area contributed by atoms with Gasteiger partial charge in [0.05, 0.1) is 18.1 Å². The van der Waals surface area contributed by atoms with Crippen molar-refractivity contribution in [3.05, 3.63) is 12.2 Å². The summed E-state index contributed by atoms with van der Waals surface area (Å²) in [7, 11) is -2.80. The summed E-state index contributed by atoms with van der Waals surface area (Å²) in [5.74, 6) is 0.918. The summed E-state index contributed by atoms with van der Waals surface area (Å²) >= 11 is 0. The van der Waals surface area contributed by atoms with Crippen molar-refractivity contribution in [2.45, 2.75) is 6.92 Å². The van der Waals surface area contributed by atoms with Crippen LogP contribution in [0.3, 0.4) is 0 Å². The molecule has 1 rings (SSSR count). The van der Waals surface area contributed by atoms with E-state index in [1.807, 2.05) is 6.92 Å². The maximum absolute atomic E-state index is 11.2. The van der Waals surface area contributed by atoms with Crippen LogP contribution < -0.4 is 11.1 Å². The number of sulfone groups is 1. The maximum atomic E-state index is 11.2. The zero-order valence-electron chi connectivity index (χ0n) is 11.3. The molecule has 0 saturated carbocycles. The number of halogens is 1. The first-order chi connectivity index (χ1) is 8.39. The summed E-state index contributed by atoms with van der Waals surface area (Å²) in [5, 5.41) is 3.00. The summed E-state index contributed by atoms with van der Waals surface area (Å²) in [6, 6.07) is 0. The molecule has 6 nitrogen and oxygen atoms in total. The van der Waals surface area contributed by atoms with Crippen molar-refractivity contribution in [2.24, 2.45) is 10.7 Å². The molecule has 8 heteroatoms. The lowest BCUT2D eigenvalue weighted by Gasteiger charge is -2.26. The molecule has 0 aromatic heterocycles. The van der Waals surface area contributed by atoms with Crippen molar-refractivity contribution in [1.29, 1.82) is 0 Å². The van der Waals surface area contributed by atoms with Crippen LogP contribution in [0.15, 0.2) is 17.1 Å². The molecule has 1 aliphatic heterocycles. The second-order valence-corrected chi connectivity index (χ2v) is 6.88. The Hall–Kier alpha value is -0.350. The first-order valence-corrected chi connectivity index (χ1v) is 7.82. The third-order valence-electron chi connectivity index (χ3n) is 2.69. The van der Waals surface area contributed by atoms with E-state index in [9.17, 15) is 8.42 Å². The largest absolute Gasteiger partial charge is 0.370 e. The van der Waals surface area contributed by atoms with Crippen LogP contribution >= 0.6 is 24.0 Å². The highest BCUT2D eigenvalue weighted by Crippen LogP contribution is 2.02. The first-order valence-electron chi connectivity index (χ1n) is 6.00. The van der Waals surface area contributed by atoms with Crippen molar-refractivity contribution in [2.75, 3.05) is 44.2 Å². The zero-order chi connectivity index (χ0) is 13.6. The summed E-state index contributed by atoms with van der Waals surface area (Å²) in [5.41, 5.74) is 6.62. The molecule has 0 radical (unpaired) electrons. The molecule has 1 aliphatic rings. The van der Waals surface area contributed by atoms with Crippen molar-refractivity contribution in [3.63, 3.8) is 0 Å². The van der Waals surface area contributed by atoms with Gasteiger partial charge in [0.1, 0.15) is 0 Å². The number of nitrogens with one attached hydrogen (secondary N) is 1. The number of nitrogens with two attached hydrogens (primary N) is 1. The third-order valence-corrected chi connectivity index (χ3v) is 4.30. The quantitative estimate of drug-likeness (QED) is 0.288. The average molecular weight is 402 g/mol. The maximum Gasteiger partial charge on any atom is 0.188 e. The third kappa shape index (κ3) is 8.43. The van der Waals surface area contributed by atoms with Crippen molar-refractivity contribution < 1.29 is 8.42 Å². The number of rotatable bonds is 5. The molecule has 0 aliphatic carbocycles. The molecule has 0 aromatic rings. The number of hydrogen-bond acceptors (Lipinski definition) is 4. The molecule has 0 spiro atoms. The molecule has 112 valence electrons. The van der Waals surface area contributed by atoms with E-state index in [1.54, 1.807) is 0 Å². The van der Waals surface area contributed by atoms with E-state index < -0.39 is 9.84 Å². The lowest BCUT2D eigenvalue weighted by Crippen LogP contribution is -2.44. The Balaban J connectivity index is 0.00000324. The fourth-order valence-electron chi connectivity index (χ4n) is 1.59. The predicted molar refractivity (Wildman–Crippen MR) is 89.8 cm³/mol. The standard InChI is InChI=1S/C11H22N4O2S.HI/c1-10(2)9-14-11(12)13-3-4-15-5-7-18(16,17)8-6-15;/h1,3-9H2,2H3,(H3,12,13,14);1H. The SMILES string of the molecule is C=C(C)CN=C(N)NCCN1CCS(=O)(=O)CC1.I. The minimum Gasteiger partial charge on any atom is -0.370 e. The van der Waals surface area contributed by atoms with Crippen LogP contribution in [0.1, 0.15) is 6.92 Å². The highest BCUT2D eigenvalue weighted by atomic mass is 127. The van der Waals surface area contributed by atoms with Gasteiger partial charge in [0.15, 0.2) is 15.8 Å². The summed E-state index contributed by atoms with van der Waals surface area (Å²) in [4.78, 5) is 6.21. The van der Waals surface area contributed by atoms with E-state index in [2.05, 4.69) is 21.8 Å². The molecular weight excluding hydrogens is 379 g/mol. The van der Waals surface area contributed by atoms with Gasteiger partial charge < -0.3 is 11.1 Å². The predicted octanol–water partition coefficient (Wildman–Crippen LogP) is -0.185. The van der Waals surface area contributed by atoms with E-state index >= 15 is 0 Å². The number of hydrogen-bond donors (Lipinski definition) is 2. The Kier molecular flexibility index (Phi) is 8.59. The topological polar surface area (TPSA) is 87.8 Å². The Labute approximate surface area is 132 Å². The fraction of sp³-hybridized carbons (Fsp3) is 0.727. The smallest absolute Gasteiger partial charge is 0.188 e. The van der Waals surface area contributed by atoms with Gasteiger partial charge in [-0.1, -0.05) is 12.2 Å². The van der Waals surface area contributed by atoms with Gasteiger partial charge in [0.25, 0.3) is 0 Å². The number of nitrogens with zero attached hydrogens (tertiary/aromatic N) is 2. The monoisotopic (exact) mass is 402 g/mol. The van der Waals surface area contributed by atoms with Gasteiger partial charge in [-0.25, -0.2) is 13.4 Å². The molecule has 0 atom stereocenters. The summed E-state index contributed by atoms with van der Waals surface area (Å²) in [6.07, 6.45) is 0. The highest BCUT2D eigenvalue weighted by molar-refractivity contribution is 14.0. The van der Waals surface area contributed by atoms with E-state index in [1.165, 1.54) is 0 Å². The average Bonchev–Trinajstić information content (AvgIpc) is 2.29. The minimum absolute atomic E-state index is 0. The van der Waals surface area contributed by atoms with E-state index in [0.29, 0.717) is 32.1 Å². The molecule has 0 aromatic carbocycles. The molecule has 0 unspecified atom stereocenters. The summed E-state index contributed by atoms with van der Waals surface area (Å²) < 4.78 is 22.5. The van der Waals surface area contributed by atoms with Crippen LogP contribution in [-0.2, 0) is 9.84 Å². The number of guanidine groups is 1. The first kappa shape index (κ1) is 18.7. The molecule has 3 N–H and O–H groups in total. The Morgan fingerprint density at radius 2 is 2.00 bits per heavy atom. The fourth-order valence-corrected chi connectivity index (χ4v) is 2.87. The van der Waals surface area contributed by atoms with Crippen LogP contribution in [0.2, 0.25) is 0 Å². The van der Waals surface area contributed by atoms with E-state index in [4.69, 9.17) is 5.73 Å². The Morgan fingerprint density at radius 1 is 1.42 bits per heavy atom. The molecular formula is C11H23IN4O2S. The van der Waals surface area contributed by atoms with Gasteiger partial charge >= 0.3 is 0 Å². The van der Waals surface area contributed by atoms with Crippen molar-refractivity contribution >= 4 is 39.8 Å². The molecule has 0 amide bonds. The van der Waals surface area contributed by atoms with E-state index in [0.717, 1.165) is 12.1 Å². The molecule has 1 fully saturated rings. The van der Waals surface area contributed by atoms with Crippen LogP contribution in [0.5, 0.6) is 0 Å². The molecule has 1 saturated heterocycles. The molecule has 19 heavy (non-hydrogen) atoms.